The largest absolute Gasteiger partial charge is 0.460 e. The maximum atomic E-state index is 6.87. The van der Waals surface area contributed by atoms with Gasteiger partial charge in [0.1, 0.15) is 5.58 Å². The number of rotatable bonds is 7. The first-order valence-corrected chi connectivity index (χ1v) is 21.7. The number of halogens is 3. The van der Waals surface area contributed by atoms with Crippen molar-refractivity contribution in [3.05, 3.63) is 112 Å². The van der Waals surface area contributed by atoms with Gasteiger partial charge in [-0.15, -0.1) is 15.3 Å². The second-order valence-corrected chi connectivity index (χ2v) is 17.3. The number of hydrogen-bond donors (Lipinski definition) is 3. The summed E-state index contributed by atoms with van der Waals surface area (Å²) in [5.41, 5.74) is 14.3. The highest BCUT2D eigenvalue weighted by Gasteiger charge is 2.24. The fourth-order valence-corrected chi connectivity index (χ4v) is 9.13. The van der Waals surface area contributed by atoms with Crippen LogP contribution in [0.4, 0.5) is 17.8 Å². The van der Waals surface area contributed by atoms with Gasteiger partial charge >= 0.3 is 0 Å². The number of nitrogens with two attached hydrogens (primary N) is 1. The lowest BCUT2D eigenvalue weighted by atomic mass is 10.0. The average Bonchev–Trinajstić information content (AvgIpc) is 4.18. The zero-order valence-electron chi connectivity index (χ0n) is 35.1. The van der Waals surface area contributed by atoms with Gasteiger partial charge in [0.25, 0.3) is 0 Å². The summed E-state index contributed by atoms with van der Waals surface area (Å²) in [7, 11) is 5.58. The van der Waals surface area contributed by atoms with Crippen LogP contribution in [0.5, 0.6) is 0 Å². The highest BCUT2D eigenvalue weighted by molar-refractivity contribution is 6.33. The van der Waals surface area contributed by atoms with Crippen molar-refractivity contribution in [2.24, 2.45) is 0 Å². The lowest BCUT2D eigenvalue weighted by molar-refractivity contribution is 0.578. The topological polar surface area (TPSA) is 213 Å². The molecule has 18 nitrogen and oxygen atoms in total. The summed E-state index contributed by atoms with van der Waals surface area (Å²) in [5.74, 6) is 3.17. The normalized spacial score (nSPS) is 12.1. The van der Waals surface area contributed by atoms with E-state index in [0.29, 0.717) is 112 Å². The van der Waals surface area contributed by atoms with Gasteiger partial charge in [-0.05, 0) is 66.7 Å². The van der Waals surface area contributed by atoms with Gasteiger partial charge in [-0.2, -0.15) is 13.5 Å². The van der Waals surface area contributed by atoms with Crippen LogP contribution in [0.15, 0.2) is 106 Å². The minimum atomic E-state index is 0.127. The molecular weight excluding hydrogens is 915 g/mol. The minimum absolute atomic E-state index is 0.127. The molecule has 4 N–H and O–H groups in total. The van der Waals surface area contributed by atoms with E-state index in [1.165, 1.54) is 4.52 Å². The molecule has 0 amide bonds. The van der Waals surface area contributed by atoms with Crippen LogP contribution >= 0.6 is 34.8 Å². The lowest BCUT2D eigenvalue weighted by Gasteiger charge is -2.13. The zero-order chi connectivity index (χ0) is 45.4. The molecule has 0 atom stereocenters. The summed E-state index contributed by atoms with van der Waals surface area (Å²) < 4.78 is 17.0. The third kappa shape index (κ3) is 6.07. The summed E-state index contributed by atoms with van der Waals surface area (Å²) in [6, 6.07) is 26.1. The van der Waals surface area contributed by atoms with Crippen molar-refractivity contribution in [1.29, 1.82) is 0 Å². The first kappa shape index (κ1) is 39.1. The first-order chi connectivity index (χ1) is 32.5. The maximum absolute atomic E-state index is 6.87. The van der Waals surface area contributed by atoms with Crippen LogP contribution in [0, 0.1) is 0 Å². The Hall–Kier alpha value is -8.32. The second kappa shape index (κ2) is 14.3. The zero-order valence-corrected chi connectivity index (χ0v) is 37.3. The van der Waals surface area contributed by atoms with E-state index in [9.17, 15) is 0 Å². The van der Waals surface area contributed by atoms with Crippen LogP contribution in [0.25, 0.3) is 118 Å². The molecule has 67 heavy (non-hydrogen) atoms. The maximum Gasteiger partial charge on any atom is 0.228 e. The summed E-state index contributed by atoms with van der Waals surface area (Å²) in [5, 5.41) is 22.0. The van der Waals surface area contributed by atoms with E-state index in [0.717, 1.165) is 33.0 Å². The Morgan fingerprint density at radius 3 is 2.09 bits per heavy atom. The monoisotopic (exact) mass is 942 g/mol. The van der Waals surface area contributed by atoms with Crippen molar-refractivity contribution < 1.29 is 8.83 Å². The molecule has 21 heteroatoms. The first-order valence-electron chi connectivity index (χ1n) is 20.6. The molecule has 326 valence electrons. The molecule has 0 aliphatic heterocycles. The van der Waals surface area contributed by atoms with Crippen molar-refractivity contribution in [2.45, 2.75) is 0 Å². The molecule has 0 fully saturated rings. The van der Waals surface area contributed by atoms with Crippen molar-refractivity contribution >= 4 is 113 Å². The van der Waals surface area contributed by atoms with Gasteiger partial charge in [-0.1, -0.05) is 53.0 Å². The molecule has 9 aromatic heterocycles. The summed E-state index contributed by atoms with van der Waals surface area (Å²) in [4.78, 5) is 34.6. The number of aromatic nitrogens is 13. The molecule has 0 spiro atoms. The highest BCUT2D eigenvalue weighted by atomic mass is 35.5. The van der Waals surface area contributed by atoms with Crippen LogP contribution < -0.4 is 16.0 Å². The van der Waals surface area contributed by atoms with Crippen LogP contribution in [0.2, 0.25) is 15.1 Å². The van der Waals surface area contributed by atoms with Crippen molar-refractivity contribution in [3.63, 3.8) is 0 Å². The van der Waals surface area contributed by atoms with Gasteiger partial charge in [0.15, 0.2) is 34.3 Å². The Morgan fingerprint density at radius 2 is 1.31 bits per heavy atom. The summed E-state index contributed by atoms with van der Waals surface area (Å²) in [6.45, 7) is 0. The lowest BCUT2D eigenvalue weighted by Crippen LogP contribution is -2.16. The molecule has 13 aromatic rings. The second-order valence-electron chi connectivity index (χ2n) is 16.0. The molecule has 0 radical (unpaired) electrons. The van der Waals surface area contributed by atoms with Gasteiger partial charge in [-0.3, -0.25) is 0 Å². The fraction of sp³-hybridized carbons (Fsp3) is 0.0652. The molecule has 0 bridgehead atoms. The number of para-hydroxylation sites is 1. The Kier molecular flexibility index (Phi) is 8.36. The average molecular weight is 944 g/mol. The van der Waals surface area contributed by atoms with E-state index in [-0.39, 0.29) is 5.95 Å². The number of fused-ring (bicyclic) bond motifs is 10. The Morgan fingerprint density at radius 1 is 0.642 bits per heavy atom. The fourth-order valence-electron chi connectivity index (χ4n) is 8.52. The van der Waals surface area contributed by atoms with Gasteiger partial charge in [0.05, 0.1) is 28.5 Å². The number of hydrogen-bond acceptors (Lipinski definition) is 14. The van der Waals surface area contributed by atoms with Gasteiger partial charge in [0.2, 0.25) is 29.5 Å². The van der Waals surface area contributed by atoms with Crippen LogP contribution in [-0.4, -0.2) is 84.9 Å². The third-order valence-corrected chi connectivity index (χ3v) is 12.2. The SMILES string of the molecule is CNc1nc2c(-c3c[nH]c(-c4nc5c6cc(Cl)ccc6nc(N(C)C)n5n4)c3)cc(Cl)cc2c2nc(-c3cc(-c4cc(Cl)cc5c4nc(N)n4nc(-c6cc7ccccc7o6)nc54)co3)nn12. The Labute approximate surface area is 390 Å². The van der Waals surface area contributed by atoms with E-state index >= 15 is 0 Å². The molecule has 0 saturated carbocycles. The van der Waals surface area contributed by atoms with Crippen molar-refractivity contribution in [1.82, 2.24) is 63.7 Å². The minimum Gasteiger partial charge on any atom is -0.460 e. The molecule has 4 aromatic carbocycles. The molecule has 0 aliphatic carbocycles. The molecule has 0 unspecified atom stereocenters. The Bertz CT molecular complexity index is 4190. The number of nitrogen functional groups attached to an aromatic ring is 1. The standard InChI is InChI=1S/C46H29Cl3N16O2/c1-51-45-55-37-26(21-10-32(52-18-21)38-56-41-28-13-23(47)8-9-31(28)53-46(62(2)3)65(41)59-38)14-24(48)17-30(37)43-57-39(61-64(43)45)34-12-22(19-66-34)27-15-25(49)16-29-36(27)54-44(50)63-42(29)58-40(60-63)35-11-20-6-4-5-7-33(20)67-35/h4-19,52H,1-3H3,(H2,50,54)(H,51,55). The van der Waals surface area contributed by atoms with Gasteiger partial charge < -0.3 is 29.8 Å². The van der Waals surface area contributed by atoms with E-state index in [4.69, 9.17) is 89.5 Å². The number of H-pyrrole nitrogens is 1. The van der Waals surface area contributed by atoms with Crippen LogP contribution in [-0.2, 0) is 0 Å². The van der Waals surface area contributed by atoms with Crippen LogP contribution in [0.3, 0.4) is 0 Å². The predicted molar refractivity (Wildman–Crippen MR) is 259 cm³/mol. The van der Waals surface area contributed by atoms with Gasteiger partial charge in [0, 0.05) is 86.2 Å². The van der Waals surface area contributed by atoms with E-state index in [2.05, 4.69) is 15.4 Å². The highest BCUT2D eigenvalue weighted by Crippen LogP contribution is 2.39. The summed E-state index contributed by atoms with van der Waals surface area (Å²) in [6.07, 6.45) is 3.46. The molecule has 13 rings (SSSR count). The van der Waals surface area contributed by atoms with Crippen LogP contribution in [0.1, 0.15) is 0 Å². The number of anilines is 3. The number of furan rings is 2. The quantitative estimate of drug-likeness (QED) is 0.136. The van der Waals surface area contributed by atoms with E-state index < -0.39 is 0 Å². The van der Waals surface area contributed by atoms with E-state index in [1.807, 2.05) is 91.9 Å². The van der Waals surface area contributed by atoms with Crippen molar-refractivity contribution in [2.75, 3.05) is 37.1 Å². The smallest absolute Gasteiger partial charge is 0.228 e. The third-order valence-electron chi connectivity index (χ3n) is 11.6. The Balaban J connectivity index is 0.888. The molecule has 0 saturated heterocycles. The molecule has 9 heterocycles. The van der Waals surface area contributed by atoms with Gasteiger partial charge in [-0.25, -0.2) is 29.9 Å². The number of nitrogens with one attached hydrogen (secondary N) is 2. The van der Waals surface area contributed by atoms with E-state index in [1.54, 1.807) is 40.5 Å². The number of aromatic amines is 1. The van der Waals surface area contributed by atoms with Crippen molar-refractivity contribution in [3.8, 4) is 56.9 Å². The summed E-state index contributed by atoms with van der Waals surface area (Å²) >= 11 is 20.1. The number of nitrogens with zero attached hydrogens (tertiary/aromatic N) is 13. The molecule has 0 aliphatic rings. The molecular formula is C46H29Cl3N16O2. The predicted octanol–water partition coefficient (Wildman–Crippen LogP) is 10.1. The number of benzene rings is 4.